The highest BCUT2D eigenvalue weighted by molar-refractivity contribution is 5.84. The first-order valence-electron chi connectivity index (χ1n) is 14.0. The first-order valence-corrected chi connectivity index (χ1v) is 14.0. The Morgan fingerprint density at radius 1 is 1.00 bits per heavy atom. The molecule has 4 aliphatic carbocycles. The van der Waals surface area contributed by atoms with Crippen LogP contribution in [0, 0.1) is 58.2 Å². The molecule has 0 saturated heterocycles. The molecule has 4 rings (SSSR count). The second kappa shape index (κ2) is 9.35. The molecular formula is C29H45F3O3. The first kappa shape index (κ1) is 27.0. The number of carbonyl (C=O) groups is 2. The van der Waals surface area contributed by atoms with Crippen molar-refractivity contribution in [1.82, 2.24) is 0 Å². The molecule has 3 nitrogen and oxygen atoms in total. The minimum absolute atomic E-state index is 0.0923. The molecule has 4 fully saturated rings. The molecule has 6 heteroatoms. The van der Waals surface area contributed by atoms with Gasteiger partial charge in [-0.1, -0.05) is 41.0 Å². The number of ketones is 1. The maximum absolute atomic E-state index is 13.0. The maximum Gasteiger partial charge on any atom is 0.449 e. The molecule has 0 aromatic rings. The van der Waals surface area contributed by atoms with Crippen molar-refractivity contribution in [3.63, 3.8) is 0 Å². The number of Topliss-reactive ketones (excluding diaryl/α,β-unsaturated/α-hetero) is 1. The predicted octanol–water partition coefficient (Wildman–Crippen LogP) is 7.62. The van der Waals surface area contributed by atoms with Gasteiger partial charge in [-0.3, -0.25) is 9.59 Å². The number of hydrogen-bond acceptors (Lipinski definition) is 3. The number of rotatable bonds is 5. The topological polar surface area (TPSA) is 43.4 Å². The minimum Gasteiger partial charge on any atom is -0.462 e. The molecule has 0 aromatic carbocycles. The van der Waals surface area contributed by atoms with E-state index in [9.17, 15) is 22.8 Å². The second-order valence-corrected chi connectivity index (χ2v) is 13.3. The fourth-order valence-electron chi connectivity index (χ4n) is 10.0. The normalized spacial score (nSPS) is 46.2. The van der Waals surface area contributed by atoms with Crippen LogP contribution in [0.2, 0.25) is 0 Å². The van der Waals surface area contributed by atoms with Crippen LogP contribution in [0.1, 0.15) is 99.3 Å². The van der Waals surface area contributed by atoms with Crippen molar-refractivity contribution in [1.29, 1.82) is 0 Å². The number of hydrogen-bond donors (Lipinski definition) is 0. The van der Waals surface area contributed by atoms with Crippen LogP contribution in [0.5, 0.6) is 0 Å². The number of ether oxygens (including phenoxy) is 1. The van der Waals surface area contributed by atoms with E-state index in [1.807, 2.05) is 6.92 Å². The van der Waals surface area contributed by atoms with Gasteiger partial charge in [-0.25, -0.2) is 0 Å². The van der Waals surface area contributed by atoms with E-state index in [0.29, 0.717) is 29.6 Å². The van der Waals surface area contributed by atoms with Gasteiger partial charge in [-0.2, -0.15) is 13.2 Å². The Labute approximate surface area is 209 Å². The molecule has 0 heterocycles. The molecule has 0 amide bonds. The summed E-state index contributed by atoms with van der Waals surface area (Å²) in [5.41, 5.74) is 0.111. The molecular weight excluding hydrogens is 453 g/mol. The van der Waals surface area contributed by atoms with Crippen LogP contribution in [0.15, 0.2) is 0 Å². The fraction of sp³-hybridized carbons (Fsp3) is 0.931. The number of halogens is 3. The van der Waals surface area contributed by atoms with Crippen molar-refractivity contribution in [2.45, 2.75) is 112 Å². The third-order valence-electron chi connectivity index (χ3n) is 11.5. The van der Waals surface area contributed by atoms with Crippen LogP contribution < -0.4 is 0 Å². The molecule has 0 aliphatic heterocycles. The van der Waals surface area contributed by atoms with Gasteiger partial charge in [0, 0.05) is 19.3 Å². The Hall–Kier alpha value is -1.07. The summed E-state index contributed by atoms with van der Waals surface area (Å²) in [4.78, 5) is 24.2. The standard InChI is InChI=1S/C29H45F3O3/c1-7-19-23-14-16(2)10-12-28(23,6)22-11-13-27(5)20(17(3)15-24(34)29(30,31)32)8-9-21(27)25(22)26(19)35-18(4)33/h16-17,19-23,25-26H,7-15H2,1-6H3/t16-,17-,19-,20-,21?,22?,23+,25?,26?,27-,28-/m1/s1. The Kier molecular flexibility index (Phi) is 7.21. The van der Waals surface area contributed by atoms with Crippen molar-refractivity contribution in [3.05, 3.63) is 0 Å². The molecule has 4 saturated carbocycles. The molecule has 4 unspecified atom stereocenters. The SMILES string of the molecule is CC[C@H]1C(OC(C)=O)C2C3CC[C@H]([C@H](C)CC(=O)C(F)(F)F)[C@@]3(C)CCC2[C@@]2(C)CC[C@@H](C)C[C@@H]12. The monoisotopic (exact) mass is 498 g/mol. The van der Waals surface area contributed by atoms with Gasteiger partial charge in [0.2, 0.25) is 5.78 Å². The lowest BCUT2D eigenvalue weighted by atomic mass is 9.41. The summed E-state index contributed by atoms with van der Waals surface area (Å²) in [5.74, 6) is 0.610. The highest BCUT2D eigenvalue weighted by atomic mass is 19.4. The van der Waals surface area contributed by atoms with E-state index in [4.69, 9.17) is 4.74 Å². The summed E-state index contributed by atoms with van der Waals surface area (Å²) in [6, 6.07) is 0. The molecule has 0 N–H and O–H groups in total. The first-order chi connectivity index (χ1) is 16.2. The van der Waals surface area contributed by atoms with Gasteiger partial charge in [-0.05, 0) is 97.2 Å². The third kappa shape index (κ3) is 4.47. The van der Waals surface area contributed by atoms with E-state index < -0.39 is 18.4 Å². The lowest BCUT2D eigenvalue weighted by molar-refractivity contribution is -0.214. The Bertz CT molecular complexity index is 824. The average Bonchev–Trinajstić information content (AvgIpc) is 3.11. The third-order valence-corrected chi connectivity index (χ3v) is 11.5. The van der Waals surface area contributed by atoms with E-state index in [2.05, 4.69) is 27.7 Å². The molecule has 0 aromatic heterocycles. The van der Waals surface area contributed by atoms with Gasteiger partial charge >= 0.3 is 12.1 Å². The van der Waals surface area contributed by atoms with Crippen molar-refractivity contribution < 1.29 is 27.5 Å². The lowest BCUT2D eigenvalue weighted by Gasteiger charge is -2.65. The summed E-state index contributed by atoms with van der Waals surface area (Å²) >= 11 is 0. The lowest BCUT2D eigenvalue weighted by Crippen LogP contribution is -2.62. The van der Waals surface area contributed by atoms with E-state index >= 15 is 0 Å². The molecule has 0 spiro atoms. The van der Waals surface area contributed by atoms with Gasteiger partial charge in [-0.15, -0.1) is 0 Å². The van der Waals surface area contributed by atoms with Crippen molar-refractivity contribution >= 4 is 11.8 Å². The number of esters is 1. The molecule has 11 atom stereocenters. The van der Waals surface area contributed by atoms with Crippen LogP contribution in [-0.2, 0) is 14.3 Å². The largest absolute Gasteiger partial charge is 0.462 e. The van der Waals surface area contributed by atoms with E-state index in [1.165, 1.54) is 26.2 Å². The van der Waals surface area contributed by atoms with Crippen LogP contribution in [0.25, 0.3) is 0 Å². The summed E-state index contributed by atoms with van der Waals surface area (Å²) < 4.78 is 45.3. The smallest absolute Gasteiger partial charge is 0.449 e. The van der Waals surface area contributed by atoms with E-state index in [-0.39, 0.29) is 40.7 Å². The number of carbonyl (C=O) groups excluding carboxylic acids is 2. The fourth-order valence-corrected chi connectivity index (χ4v) is 10.0. The maximum atomic E-state index is 13.0. The van der Waals surface area contributed by atoms with Crippen LogP contribution in [-0.4, -0.2) is 24.0 Å². The molecule has 35 heavy (non-hydrogen) atoms. The van der Waals surface area contributed by atoms with Crippen molar-refractivity contribution in [2.75, 3.05) is 0 Å². The van der Waals surface area contributed by atoms with Gasteiger partial charge in [0.25, 0.3) is 0 Å². The highest BCUT2D eigenvalue weighted by Crippen LogP contribution is 2.70. The molecule has 0 bridgehead atoms. The molecule has 4 aliphatic rings. The summed E-state index contributed by atoms with van der Waals surface area (Å²) in [6.07, 6.45) is 3.20. The predicted molar refractivity (Wildman–Crippen MR) is 129 cm³/mol. The second-order valence-electron chi connectivity index (χ2n) is 13.3. The van der Waals surface area contributed by atoms with Crippen molar-refractivity contribution in [3.8, 4) is 0 Å². The zero-order valence-corrected chi connectivity index (χ0v) is 22.4. The minimum atomic E-state index is -4.76. The quantitative estimate of drug-likeness (QED) is 0.366. The van der Waals surface area contributed by atoms with Crippen molar-refractivity contribution in [2.24, 2.45) is 58.2 Å². The van der Waals surface area contributed by atoms with Gasteiger partial charge in [0.15, 0.2) is 0 Å². The van der Waals surface area contributed by atoms with Gasteiger partial charge < -0.3 is 4.74 Å². The van der Waals surface area contributed by atoms with E-state index in [0.717, 1.165) is 32.1 Å². The summed E-state index contributed by atoms with van der Waals surface area (Å²) in [7, 11) is 0. The van der Waals surface area contributed by atoms with Gasteiger partial charge in [0.05, 0.1) is 0 Å². The van der Waals surface area contributed by atoms with Gasteiger partial charge in [0.1, 0.15) is 6.10 Å². The Morgan fingerprint density at radius 3 is 2.23 bits per heavy atom. The zero-order chi connectivity index (χ0) is 25.9. The average molecular weight is 499 g/mol. The summed E-state index contributed by atoms with van der Waals surface area (Å²) in [6.45, 7) is 12.7. The molecule has 0 radical (unpaired) electrons. The number of alkyl halides is 3. The highest BCUT2D eigenvalue weighted by Gasteiger charge is 2.66. The number of fused-ring (bicyclic) bond motifs is 5. The van der Waals surface area contributed by atoms with Crippen LogP contribution >= 0.6 is 0 Å². The van der Waals surface area contributed by atoms with Crippen LogP contribution in [0.4, 0.5) is 13.2 Å². The zero-order valence-electron chi connectivity index (χ0n) is 22.4. The van der Waals surface area contributed by atoms with E-state index in [1.54, 1.807) is 0 Å². The Morgan fingerprint density at radius 2 is 1.63 bits per heavy atom. The summed E-state index contributed by atoms with van der Waals surface area (Å²) in [5, 5.41) is 0. The Balaban J connectivity index is 1.68. The van der Waals surface area contributed by atoms with Crippen LogP contribution in [0.3, 0.4) is 0 Å². The molecule has 200 valence electrons.